The summed E-state index contributed by atoms with van der Waals surface area (Å²) in [6, 6.07) is 8.66. The van der Waals surface area contributed by atoms with E-state index in [1.165, 1.54) is 6.08 Å². The van der Waals surface area contributed by atoms with Crippen molar-refractivity contribution in [2.24, 2.45) is 4.99 Å². The van der Waals surface area contributed by atoms with Gasteiger partial charge < -0.3 is 9.15 Å². The van der Waals surface area contributed by atoms with Crippen LogP contribution in [0.1, 0.15) is 11.3 Å². The van der Waals surface area contributed by atoms with Crippen LogP contribution in [0.4, 0.5) is 0 Å². The average Bonchev–Trinajstić information content (AvgIpc) is 2.94. The molecule has 106 valence electrons. The number of benzene rings is 1. The molecular weight excluding hydrogens is 425 g/mol. The molecule has 0 amide bonds. The van der Waals surface area contributed by atoms with E-state index in [0.29, 0.717) is 21.0 Å². The zero-order chi connectivity index (χ0) is 15.0. The van der Waals surface area contributed by atoms with Crippen molar-refractivity contribution < 1.29 is 13.9 Å². The number of cyclic esters (lactones) is 1. The van der Waals surface area contributed by atoms with Crippen LogP contribution in [0.2, 0.25) is 5.02 Å². The highest BCUT2D eigenvalue weighted by molar-refractivity contribution is 9.13. The predicted molar refractivity (Wildman–Crippen MR) is 86.2 cm³/mol. The SMILES string of the molecule is O=C1OC(c2cccc(Cl)c2)=N/C1=C\c1cc(Br)c(Br)o1. The number of esters is 1. The van der Waals surface area contributed by atoms with Gasteiger partial charge in [0.1, 0.15) is 5.76 Å². The second-order valence-electron chi connectivity index (χ2n) is 4.12. The molecule has 0 N–H and O–H groups in total. The molecule has 1 aromatic heterocycles. The van der Waals surface area contributed by atoms with Gasteiger partial charge in [-0.15, -0.1) is 0 Å². The molecule has 1 aromatic carbocycles. The minimum absolute atomic E-state index is 0.165. The molecule has 3 rings (SSSR count). The largest absolute Gasteiger partial charge is 0.449 e. The van der Waals surface area contributed by atoms with Gasteiger partial charge in [-0.2, -0.15) is 0 Å². The van der Waals surface area contributed by atoms with E-state index in [0.717, 1.165) is 4.47 Å². The Hall–Kier alpha value is -1.37. The van der Waals surface area contributed by atoms with Gasteiger partial charge in [-0.25, -0.2) is 9.79 Å². The number of hydrogen-bond donors (Lipinski definition) is 0. The molecule has 4 nitrogen and oxygen atoms in total. The van der Waals surface area contributed by atoms with E-state index in [1.54, 1.807) is 30.3 Å². The predicted octanol–water partition coefficient (Wildman–Crippen LogP) is 4.80. The number of ether oxygens (including phenoxy) is 1. The lowest BCUT2D eigenvalue weighted by Crippen LogP contribution is -2.05. The van der Waals surface area contributed by atoms with Crippen molar-refractivity contribution in [1.29, 1.82) is 0 Å². The molecule has 0 aliphatic carbocycles. The van der Waals surface area contributed by atoms with Gasteiger partial charge in [0.05, 0.1) is 4.47 Å². The van der Waals surface area contributed by atoms with Crippen LogP contribution >= 0.6 is 43.5 Å². The Kier molecular flexibility index (Phi) is 4.01. The third kappa shape index (κ3) is 3.12. The Morgan fingerprint density at radius 1 is 1.24 bits per heavy atom. The van der Waals surface area contributed by atoms with Crippen molar-refractivity contribution in [1.82, 2.24) is 0 Å². The molecule has 0 saturated heterocycles. The van der Waals surface area contributed by atoms with Crippen molar-refractivity contribution in [3.8, 4) is 0 Å². The number of carbonyl (C=O) groups is 1. The summed E-state index contributed by atoms with van der Waals surface area (Å²) in [4.78, 5) is 16.0. The maximum atomic E-state index is 11.8. The Balaban J connectivity index is 1.95. The van der Waals surface area contributed by atoms with E-state index in [9.17, 15) is 4.79 Å². The lowest BCUT2D eigenvalue weighted by Gasteiger charge is -1.98. The number of halogens is 3. The standard InChI is InChI=1S/C14H6Br2ClNO3/c15-10-5-9(20-12(10)16)6-11-14(19)21-13(18-11)7-2-1-3-8(17)4-7/h1-6H/b11-6-. The van der Waals surface area contributed by atoms with Gasteiger partial charge in [-0.1, -0.05) is 17.7 Å². The molecule has 0 atom stereocenters. The molecular formula is C14H6Br2ClNO3. The molecule has 1 aliphatic heterocycles. The van der Waals surface area contributed by atoms with Gasteiger partial charge in [-0.05, 0) is 56.1 Å². The smallest absolute Gasteiger partial charge is 0.363 e. The average molecular weight is 431 g/mol. The van der Waals surface area contributed by atoms with E-state index in [1.807, 2.05) is 0 Å². The maximum Gasteiger partial charge on any atom is 0.363 e. The molecule has 1 aliphatic rings. The van der Waals surface area contributed by atoms with E-state index in [-0.39, 0.29) is 11.6 Å². The molecule has 21 heavy (non-hydrogen) atoms. The fourth-order valence-corrected chi connectivity index (χ4v) is 2.52. The van der Waals surface area contributed by atoms with Gasteiger partial charge >= 0.3 is 5.97 Å². The highest BCUT2D eigenvalue weighted by Crippen LogP contribution is 2.29. The van der Waals surface area contributed by atoms with Crippen molar-refractivity contribution in [2.45, 2.75) is 0 Å². The van der Waals surface area contributed by atoms with Crippen molar-refractivity contribution in [3.05, 3.63) is 61.5 Å². The monoisotopic (exact) mass is 429 g/mol. The van der Waals surface area contributed by atoms with Crippen LogP contribution < -0.4 is 0 Å². The van der Waals surface area contributed by atoms with E-state index in [4.69, 9.17) is 20.8 Å². The molecule has 0 unspecified atom stereocenters. The Bertz CT molecular complexity index is 776. The fourth-order valence-electron chi connectivity index (χ4n) is 1.72. The number of carbonyl (C=O) groups excluding carboxylic acids is 1. The normalized spacial score (nSPS) is 16.2. The van der Waals surface area contributed by atoms with Gasteiger partial charge in [0.2, 0.25) is 5.90 Å². The first-order chi connectivity index (χ1) is 10.0. The number of hydrogen-bond acceptors (Lipinski definition) is 4. The topological polar surface area (TPSA) is 51.8 Å². The highest BCUT2D eigenvalue weighted by atomic mass is 79.9. The highest BCUT2D eigenvalue weighted by Gasteiger charge is 2.24. The summed E-state index contributed by atoms with van der Waals surface area (Å²) in [7, 11) is 0. The first-order valence-electron chi connectivity index (χ1n) is 5.76. The lowest BCUT2D eigenvalue weighted by atomic mass is 10.2. The number of furan rings is 1. The van der Waals surface area contributed by atoms with Gasteiger partial charge in [0.15, 0.2) is 10.4 Å². The molecule has 0 fully saturated rings. The summed E-state index contributed by atoms with van der Waals surface area (Å²) >= 11 is 12.4. The summed E-state index contributed by atoms with van der Waals surface area (Å²) in [6.07, 6.45) is 1.51. The van der Waals surface area contributed by atoms with E-state index < -0.39 is 5.97 Å². The van der Waals surface area contributed by atoms with Crippen LogP contribution in [0.3, 0.4) is 0 Å². The number of rotatable bonds is 2. The Morgan fingerprint density at radius 2 is 2.05 bits per heavy atom. The molecule has 7 heteroatoms. The van der Waals surface area contributed by atoms with Crippen LogP contribution in [0.5, 0.6) is 0 Å². The Morgan fingerprint density at radius 3 is 2.71 bits per heavy atom. The number of aliphatic imine (C=N–C) groups is 1. The minimum Gasteiger partial charge on any atom is -0.449 e. The van der Waals surface area contributed by atoms with E-state index >= 15 is 0 Å². The summed E-state index contributed by atoms with van der Waals surface area (Å²) in [5.74, 6) is 0.170. The molecule has 0 radical (unpaired) electrons. The summed E-state index contributed by atoms with van der Waals surface area (Å²) in [6.45, 7) is 0. The van der Waals surface area contributed by atoms with Crippen LogP contribution in [-0.2, 0) is 9.53 Å². The quantitative estimate of drug-likeness (QED) is 0.507. The zero-order valence-corrected chi connectivity index (χ0v) is 14.2. The van der Waals surface area contributed by atoms with Crippen LogP contribution in [0, 0.1) is 0 Å². The first-order valence-corrected chi connectivity index (χ1v) is 7.72. The third-order valence-electron chi connectivity index (χ3n) is 2.64. The van der Waals surface area contributed by atoms with Crippen molar-refractivity contribution in [3.63, 3.8) is 0 Å². The summed E-state index contributed by atoms with van der Waals surface area (Å²) in [5.41, 5.74) is 0.805. The van der Waals surface area contributed by atoms with Crippen LogP contribution in [0.25, 0.3) is 6.08 Å². The fraction of sp³-hybridized carbons (Fsp3) is 0. The maximum absolute atomic E-state index is 11.8. The first kappa shape index (κ1) is 14.6. The molecule has 2 aromatic rings. The van der Waals surface area contributed by atoms with Crippen LogP contribution in [0.15, 0.2) is 54.6 Å². The minimum atomic E-state index is -0.534. The van der Waals surface area contributed by atoms with E-state index in [2.05, 4.69) is 36.9 Å². The summed E-state index contributed by atoms with van der Waals surface area (Å²) < 4.78 is 11.8. The Labute approximate surface area is 141 Å². The van der Waals surface area contributed by atoms with Crippen LogP contribution in [-0.4, -0.2) is 11.9 Å². The third-order valence-corrected chi connectivity index (χ3v) is 4.58. The molecule has 0 spiro atoms. The number of nitrogens with zero attached hydrogens (tertiary/aromatic N) is 1. The molecule has 0 bridgehead atoms. The molecule has 2 heterocycles. The second kappa shape index (κ2) is 5.79. The van der Waals surface area contributed by atoms with Crippen molar-refractivity contribution in [2.75, 3.05) is 0 Å². The molecule has 0 saturated carbocycles. The van der Waals surface area contributed by atoms with Crippen molar-refractivity contribution >= 4 is 61.4 Å². The summed E-state index contributed by atoms with van der Waals surface area (Å²) in [5, 5.41) is 0.544. The van der Waals surface area contributed by atoms with Gasteiger partial charge in [0.25, 0.3) is 0 Å². The lowest BCUT2D eigenvalue weighted by molar-refractivity contribution is -0.129. The van der Waals surface area contributed by atoms with Gasteiger partial charge in [-0.3, -0.25) is 0 Å². The second-order valence-corrected chi connectivity index (χ2v) is 6.13. The zero-order valence-electron chi connectivity index (χ0n) is 10.3. The van der Waals surface area contributed by atoms with Gasteiger partial charge in [0, 0.05) is 16.7 Å².